The fraction of sp³-hybridized carbons (Fsp3) is 0.625. The van der Waals surface area contributed by atoms with E-state index >= 15 is 0 Å². The molecule has 0 aliphatic heterocycles. The van der Waals surface area contributed by atoms with Gasteiger partial charge in [-0.3, -0.25) is 11.3 Å². The van der Waals surface area contributed by atoms with E-state index in [1.807, 2.05) is 0 Å². The Morgan fingerprint density at radius 2 is 1.79 bits per heavy atom. The Hall–Kier alpha value is -0.380. The van der Waals surface area contributed by atoms with Crippen molar-refractivity contribution in [1.29, 1.82) is 0 Å². The van der Waals surface area contributed by atoms with Gasteiger partial charge in [0.1, 0.15) is 0 Å². The minimum atomic E-state index is 0.266. The molecular formula is C16H27BrN2. The van der Waals surface area contributed by atoms with Gasteiger partial charge in [-0.05, 0) is 36.6 Å². The third-order valence-corrected chi connectivity index (χ3v) is 3.97. The Labute approximate surface area is 126 Å². The number of benzene rings is 1. The molecule has 1 unspecified atom stereocenters. The molecule has 3 N–H and O–H groups in total. The molecule has 0 aliphatic carbocycles. The average molecular weight is 327 g/mol. The van der Waals surface area contributed by atoms with Crippen molar-refractivity contribution in [1.82, 2.24) is 5.43 Å². The molecule has 3 heteroatoms. The fourth-order valence-corrected chi connectivity index (χ4v) is 3.07. The summed E-state index contributed by atoms with van der Waals surface area (Å²) in [6.45, 7) is 4.37. The molecule has 2 nitrogen and oxygen atoms in total. The molecule has 0 radical (unpaired) electrons. The smallest absolute Gasteiger partial charge is 0.0460 e. The van der Waals surface area contributed by atoms with Crippen molar-refractivity contribution in [3.05, 3.63) is 33.8 Å². The Balaban J connectivity index is 2.40. The molecular weight excluding hydrogens is 300 g/mol. The number of hydrogen-bond acceptors (Lipinski definition) is 2. The predicted octanol–water partition coefficient (Wildman–Crippen LogP) is 5.01. The summed E-state index contributed by atoms with van der Waals surface area (Å²) in [6.07, 6.45) is 9.05. The summed E-state index contributed by atoms with van der Waals surface area (Å²) in [5, 5.41) is 0. The van der Waals surface area contributed by atoms with Crippen molar-refractivity contribution in [3.8, 4) is 0 Å². The third-order valence-electron chi connectivity index (χ3n) is 3.51. The summed E-state index contributed by atoms with van der Waals surface area (Å²) in [4.78, 5) is 0. The average Bonchev–Trinajstić information content (AvgIpc) is 2.37. The first-order chi connectivity index (χ1) is 9.17. The summed E-state index contributed by atoms with van der Waals surface area (Å²) in [5.41, 5.74) is 5.51. The lowest BCUT2D eigenvalue weighted by atomic mass is 9.99. The Morgan fingerprint density at radius 1 is 1.11 bits per heavy atom. The molecule has 0 spiro atoms. The zero-order valence-corrected chi connectivity index (χ0v) is 13.8. The maximum atomic E-state index is 5.70. The summed E-state index contributed by atoms with van der Waals surface area (Å²) < 4.78 is 1.13. The minimum Gasteiger partial charge on any atom is -0.271 e. The number of aryl methyl sites for hydroxylation is 1. The zero-order chi connectivity index (χ0) is 14.1. The predicted molar refractivity (Wildman–Crippen MR) is 86.9 cm³/mol. The molecule has 1 rings (SSSR count). The lowest BCUT2D eigenvalue weighted by Crippen LogP contribution is -2.28. The first-order valence-corrected chi connectivity index (χ1v) is 8.20. The second kappa shape index (κ2) is 9.51. The normalized spacial score (nSPS) is 12.6. The van der Waals surface area contributed by atoms with E-state index in [9.17, 15) is 0 Å². The first kappa shape index (κ1) is 16.7. The van der Waals surface area contributed by atoms with Gasteiger partial charge in [-0.1, -0.05) is 67.4 Å². The van der Waals surface area contributed by atoms with E-state index in [4.69, 9.17) is 5.84 Å². The van der Waals surface area contributed by atoms with Crippen LogP contribution in [0.4, 0.5) is 0 Å². The monoisotopic (exact) mass is 326 g/mol. The number of hydrazine groups is 1. The third kappa shape index (κ3) is 6.55. The van der Waals surface area contributed by atoms with Gasteiger partial charge in [-0.2, -0.15) is 0 Å². The molecule has 0 aliphatic rings. The minimum absolute atomic E-state index is 0.266. The second-order valence-corrected chi connectivity index (χ2v) is 6.25. The van der Waals surface area contributed by atoms with E-state index in [0.29, 0.717) is 0 Å². The molecule has 1 aromatic carbocycles. The largest absolute Gasteiger partial charge is 0.271 e. The first-order valence-electron chi connectivity index (χ1n) is 7.40. The van der Waals surface area contributed by atoms with Gasteiger partial charge in [0.2, 0.25) is 0 Å². The van der Waals surface area contributed by atoms with Gasteiger partial charge >= 0.3 is 0 Å². The Kier molecular flexibility index (Phi) is 8.35. The van der Waals surface area contributed by atoms with Gasteiger partial charge < -0.3 is 0 Å². The number of hydrogen-bond donors (Lipinski definition) is 2. The summed E-state index contributed by atoms with van der Waals surface area (Å²) in [5.74, 6) is 5.70. The quantitative estimate of drug-likeness (QED) is 0.380. The molecule has 0 heterocycles. The van der Waals surface area contributed by atoms with Crippen LogP contribution in [-0.2, 0) is 0 Å². The van der Waals surface area contributed by atoms with Gasteiger partial charge in [-0.25, -0.2) is 0 Å². The molecule has 0 aromatic heterocycles. The van der Waals surface area contributed by atoms with Crippen molar-refractivity contribution in [2.75, 3.05) is 0 Å². The zero-order valence-electron chi connectivity index (χ0n) is 12.2. The van der Waals surface area contributed by atoms with E-state index in [-0.39, 0.29) is 6.04 Å². The molecule has 0 bridgehead atoms. The summed E-state index contributed by atoms with van der Waals surface area (Å²) in [6, 6.07) is 6.77. The highest BCUT2D eigenvalue weighted by molar-refractivity contribution is 9.10. The molecule has 0 saturated heterocycles. The fourth-order valence-electron chi connectivity index (χ4n) is 2.44. The number of halogens is 1. The standard InChI is InChI=1S/C16H27BrN2/c1-3-4-5-6-7-8-9-16(19-18)14-10-13(2)11-15(17)12-14/h10-12,16,19H,3-9,18H2,1-2H3. The van der Waals surface area contributed by atoms with Gasteiger partial charge in [0.25, 0.3) is 0 Å². The lowest BCUT2D eigenvalue weighted by Gasteiger charge is -2.17. The highest BCUT2D eigenvalue weighted by Gasteiger charge is 2.10. The maximum Gasteiger partial charge on any atom is 0.0460 e. The topological polar surface area (TPSA) is 38.0 Å². The van der Waals surface area contributed by atoms with Gasteiger partial charge in [-0.15, -0.1) is 0 Å². The van der Waals surface area contributed by atoms with Crippen molar-refractivity contribution < 1.29 is 0 Å². The SMILES string of the molecule is CCCCCCCCC(NN)c1cc(C)cc(Br)c1. The van der Waals surface area contributed by atoms with Crippen LogP contribution in [0.15, 0.2) is 22.7 Å². The van der Waals surface area contributed by atoms with Crippen LogP contribution >= 0.6 is 15.9 Å². The number of nitrogens with two attached hydrogens (primary N) is 1. The van der Waals surface area contributed by atoms with Crippen LogP contribution in [0.3, 0.4) is 0 Å². The van der Waals surface area contributed by atoms with Gasteiger partial charge in [0.15, 0.2) is 0 Å². The van der Waals surface area contributed by atoms with Gasteiger partial charge in [0.05, 0.1) is 0 Å². The Bertz CT molecular complexity index is 346. The van der Waals surface area contributed by atoms with E-state index in [2.05, 4.69) is 53.4 Å². The molecule has 0 fully saturated rings. The molecule has 0 saturated carbocycles. The van der Waals surface area contributed by atoms with E-state index < -0.39 is 0 Å². The molecule has 19 heavy (non-hydrogen) atoms. The maximum absolute atomic E-state index is 5.70. The van der Waals surface area contributed by atoms with Crippen molar-refractivity contribution in [2.24, 2.45) is 5.84 Å². The Morgan fingerprint density at radius 3 is 2.42 bits per heavy atom. The summed E-state index contributed by atoms with van der Waals surface area (Å²) >= 11 is 3.55. The van der Waals surface area contributed by atoms with E-state index in [1.54, 1.807) is 0 Å². The van der Waals surface area contributed by atoms with Crippen LogP contribution in [0.1, 0.15) is 69.0 Å². The van der Waals surface area contributed by atoms with E-state index in [1.165, 1.54) is 49.7 Å². The molecule has 1 atom stereocenters. The van der Waals surface area contributed by atoms with Crippen LogP contribution in [0.25, 0.3) is 0 Å². The highest BCUT2D eigenvalue weighted by atomic mass is 79.9. The van der Waals surface area contributed by atoms with Crippen molar-refractivity contribution in [3.63, 3.8) is 0 Å². The van der Waals surface area contributed by atoms with Crippen molar-refractivity contribution in [2.45, 2.75) is 64.8 Å². The second-order valence-electron chi connectivity index (χ2n) is 5.34. The van der Waals surface area contributed by atoms with Crippen molar-refractivity contribution >= 4 is 15.9 Å². The van der Waals surface area contributed by atoms with Crippen LogP contribution in [-0.4, -0.2) is 0 Å². The summed E-state index contributed by atoms with van der Waals surface area (Å²) in [7, 11) is 0. The highest BCUT2D eigenvalue weighted by Crippen LogP contribution is 2.24. The van der Waals surface area contributed by atoms with Crippen LogP contribution in [0.2, 0.25) is 0 Å². The molecule has 1 aromatic rings. The van der Waals surface area contributed by atoms with E-state index in [0.717, 1.165) is 10.9 Å². The number of unbranched alkanes of at least 4 members (excludes halogenated alkanes) is 5. The van der Waals surface area contributed by atoms with Gasteiger partial charge in [0, 0.05) is 10.5 Å². The molecule has 0 amide bonds. The number of nitrogens with one attached hydrogen (secondary N) is 1. The number of rotatable bonds is 9. The van der Waals surface area contributed by atoms with Crippen LogP contribution in [0, 0.1) is 6.92 Å². The molecule has 108 valence electrons. The van der Waals surface area contributed by atoms with Crippen LogP contribution in [0.5, 0.6) is 0 Å². The lowest BCUT2D eigenvalue weighted by molar-refractivity contribution is 0.477. The van der Waals surface area contributed by atoms with Crippen LogP contribution < -0.4 is 11.3 Å².